The number of ether oxygens (including phenoxy) is 2. The second kappa shape index (κ2) is 9.77. The zero-order valence-corrected chi connectivity index (χ0v) is 13.4. The van der Waals surface area contributed by atoms with Gasteiger partial charge in [-0.15, -0.1) is 0 Å². The minimum atomic E-state index is 0.757. The maximum Gasteiger partial charge on any atom is 0.0462 e. The lowest BCUT2D eigenvalue weighted by Crippen LogP contribution is -2.27. The molecular formula is C17H33O2. The van der Waals surface area contributed by atoms with Gasteiger partial charge >= 0.3 is 0 Å². The summed E-state index contributed by atoms with van der Waals surface area (Å²) in [5, 5.41) is 0. The van der Waals surface area contributed by atoms with E-state index >= 15 is 0 Å². The van der Waals surface area contributed by atoms with Gasteiger partial charge in [-0.1, -0.05) is 13.8 Å². The molecule has 0 amide bonds. The monoisotopic (exact) mass is 269 g/mol. The van der Waals surface area contributed by atoms with E-state index in [0.717, 1.165) is 31.0 Å². The molecule has 0 saturated heterocycles. The van der Waals surface area contributed by atoms with E-state index in [1.165, 1.54) is 44.9 Å². The number of methoxy groups -OCH3 is 2. The first-order valence-electron chi connectivity index (χ1n) is 8.02. The smallest absolute Gasteiger partial charge is 0.0462 e. The summed E-state index contributed by atoms with van der Waals surface area (Å²) in [4.78, 5) is 0. The van der Waals surface area contributed by atoms with E-state index in [-0.39, 0.29) is 0 Å². The molecule has 2 nitrogen and oxygen atoms in total. The van der Waals surface area contributed by atoms with Crippen molar-refractivity contribution in [3.63, 3.8) is 0 Å². The predicted octanol–water partition coefficient (Wildman–Crippen LogP) is 4.49. The highest BCUT2D eigenvalue weighted by molar-refractivity contribution is 5.03. The average molecular weight is 269 g/mol. The maximum absolute atomic E-state index is 5.21. The molecule has 1 saturated carbocycles. The van der Waals surface area contributed by atoms with E-state index < -0.39 is 0 Å². The second-order valence-corrected chi connectivity index (χ2v) is 6.34. The van der Waals surface area contributed by atoms with E-state index in [4.69, 9.17) is 9.47 Å². The fourth-order valence-corrected chi connectivity index (χ4v) is 3.56. The van der Waals surface area contributed by atoms with Gasteiger partial charge in [0.25, 0.3) is 0 Å². The molecule has 0 heterocycles. The molecule has 19 heavy (non-hydrogen) atoms. The molecule has 0 aromatic rings. The first kappa shape index (κ1) is 17.0. The van der Waals surface area contributed by atoms with Gasteiger partial charge in [0.1, 0.15) is 0 Å². The fraction of sp³-hybridized carbons (Fsp3) is 0.941. The van der Waals surface area contributed by atoms with E-state index in [9.17, 15) is 0 Å². The SMILES string of the molecule is COCCCC1CC[C](C(C)C)C(CCCOC)C1. The van der Waals surface area contributed by atoms with Crippen LogP contribution >= 0.6 is 0 Å². The van der Waals surface area contributed by atoms with Gasteiger partial charge in [0.2, 0.25) is 0 Å². The fourth-order valence-electron chi connectivity index (χ4n) is 3.56. The molecule has 0 aliphatic heterocycles. The molecule has 2 heteroatoms. The molecule has 1 aliphatic rings. The van der Waals surface area contributed by atoms with Crippen LogP contribution in [0.2, 0.25) is 0 Å². The average Bonchev–Trinajstić information content (AvgIpc) is 2.39. The molecule has 1 aliphatic carbocycles. The van der Waals surface area contributed by atoms with Gasteiger partial charge in [-0.25, -0.2) is 0 Å². The molecule has 2 atom stereocenters. The summed E-state index contributed by atoms with van der Waals surface area (Å²) in [7, 11) is 3.61. The minimum Gasteiger partial charge on any atom is -0.385 e. The molecule has 0 aromatic carbocycles. The van der Waals surface area contributed by atoms with Crippen LogP contribution in [0.5, 0.6) is 0 Å². The molecule has 1 radical (unpaired) electrons. The van der Waals surface area contributed by atoms with Crippen molar-refractivity contribution in [3.05, 3.63) is 5.92 Å². The summed E-state index contributed by atoms with van der Waals surface area (Å²) >= 11 is 0. The van der Waals surface area contributed by atoms with E-state index in [0.29, 0.717) is 0 Å². The highest BCUT2D eigenvalue weighted by Gasteiger charge is 2.31. The van der Waals surface area contributed by atoms with Crippen LogP contribution in [0.3, 0.4) is 0 Å². The highest BCUT2D eigenvalue weighted by Crippen LogP contribution is 2.43. The van der Waals surface area contributed by atoms with Crippen molar-refractivity contribution in [1.82, 2.24) is 0 Å². The van der Waals surface area contributed by atoms with Crippen molar-refractivity contribution >= 4 is 0 Å². The van der Waals surface area contributed by atoms with Crippen LogP contribution in [0.4, 0.5) is 0 Å². The highest BCUT2D eigenvalue weighted by atomic mass is 16.5. The van der Waals surface area contributed by atoms with Gasteiger partial charge in [0.15, 0.2) is 0 Å². The Morgan fingerprint density at radius 3 is 2.26 bits per heavy atom. The Balaban J connectivity index is 2.39. The Morgan fingerprint density at radius 2 is 1.68 bits per heavy atom. The van der Waals surface area contributed by atoms with Crippen molar-refractivity contribution in [2.75, 3.05) is 27.4 Å². The van der Waals surface area contributed by atoms with Crippen LogP contribution in [0.15, 0.2) is 0 Å². The predicted molar refractivity (Wildman–Crippen MR) is 81.1 cm³/mol. The van der Waals surface area contributed by atoms with Gasteiger partial charge in [-0.3, -0.25) is 0 Å². The van der Waals surface area contributed by atoms with Gasteiger partial charge in [-0.05, 0) is 68.6 Å². The van der Waals surface area contributed by atoms with Gasteiger partial charge < -0.3 is 9.47 Å². The molecule has 1 fully saturated rings. The first-order valence-corrected chi connectivity index (χ1v) is 8.02. The molecule has 2 unspecified atom stereocenters. The zero-order chi connectivity index (χ0) is 14.1. The van der Waals surface area contributed by atoms with Crippen molar-refractivity contribution in [2.24, 2.45) is 17.8 Å². The van der Waals surface area contributed by atoms with Crippen LogP contribution < -0.4 is 0 Å². The van der Waals surface area contributed by atoms with E-state index in [1.807, 2.05) is 13.0 Å². The summed E-state index contributed by atoms with van der Waals surface area (Å²) in [5.41, 5.74) is 0. The minimum absolute atomic E-state index is 0.757. The Labute approximate surface area is 120 Å². The molecule has 0 bridgehead atoms. The molecule has 0 spiro atoms. The first-order chi connectivity index (χ1) is 9.19. The Kier molecular flexibility index (Phi) is 8.72. The summed E-state index contributed by atoms with van der Waals surface area (Å²) < 4.78 is 10.4. The Hall–Kier alpha value is -0.0800. The lowest BCUT2D eigenvalue weighted by atomic mass is 9.67. The molecule has 0 N–H and O–H groups in total. The lowest BCUT2D eigenvalue weighted by Gasteiger charge is -2.38. The van der Waals surface area contributed by atoms with Crippen molar-refractivity contribution in [2.45, 2.75) is 58.8 Å². The normalized spacial score (nSPS) is 25.1. The standard InChI is InChI=1S/C17H33O2/c1-14(2)17-10-9-15(7-5-11-18-3)13-16(17)8-6-12-19-4/h14-16H,5-13H2,1-4H3. The third-order valence-electron chi connectivity index (χ3n) is 4.59. The van der Waals surface area contributed by atoms with Crippen molar-refractivity contribution in [3.8, 4) is 0 Å². The second-order valence-electron chi connectivity index (χ2n) is 6.34. The molecular weight excluding hydrogens is 236 g/mol. The summed E-state index contributed by atoms with van der Waals surface area (Å²) in [6.45, 7) is 6.57. The third-order valence-corrected chi connectivity index (χ3v) is 4.59. The lowest BCUT2D eigenvalue weighted by molar-refractivity contribution is 0.161. The Morgan fingerprint density at radius 1 is 1.05 bits per heavy atom. The maximum atomic E-state index is 5.21. The molecule has 113 valence electrons. The van der Waals surface area contributed by atoms with Crippen LogP contribution in [0, 0.1) is 23.7 Å². The summed E-state index contributed by atoms with van der Waals surface area (Å²) in [6.07, 6.45) is 9.26. The Bertz CT molecular complexity index is 215. The summed E-state index contributed by atoms with van der Waals surface area (Å²) in [5.74, 6) is 4.34. The van der Waals surface area contributed by atoms with E-state index in [2.05, 4.69) is 13.8 Å². The largest absolute Gasteiger partial charge is 0.385 e. The van der Waals surface area contributed by atoms with Gasteiger partial charge in [-0.2, -0.15) is 0 Å². The number of hydrogen-bond donors (Lipinski definition) is 0. The van der Waals surface area contributed by atoms with E-state index in [1.54, 1.807) is 7.11 Å². The van der Waals surface area contributed by atoms with Crippen LogP contribution in [-0.2, 0) is 9.47 Å². The number of rotatable bonds is 9. The van der Waals surface area contributed by atoms with Gasteiger partial charge in [0, 0.05) is 27.4 Å². The van der Waals surface area contributed by atoms with Crippen molar-refractivity contribution < 1.29 is 9.47 Å². The quantitative estimate of drug-likeness (QED) is 0.574. The van der Waals surface area contributed by atoms with Crippen LogP contribution in [-0.4, -0.2) is 27.4 Å². The summed E-state index contributed by atoms with van der Waals surface area (Å²) in [6, 6.07) is 0. The third kappa shape index (κ3) is 6.27. The molecule has 1 rings (SSSR count). The van der Waals surface area contributed by atoms with Gasteiger partial charge in [0.05, 0.1) is 0 Å². The number of hydrogen-bond acceptors (Lipinski definition) is 2. The zero-order valence-electron chi connectivity index (χ0n) is 13.4. The van der Waals surface area contributed by atoms with Crippen LogP contribution in [0.1, 0.15) is 58.8 Å². The van der Waals surface area contributed by atoms with Crippen molar-refractivity contribution in [1.29, 1.82) is 0 Å². The van der Waals surface area contributed by atoms with Crippen LogP contribution in [0.25, 0.3) is 0 Å². The molecule has 0 aromatic heterocycles. The topological polar surface area (TPSA) is 18.5 Å².